The molecule has 1 saturated heterocycles. The van der Waals surface area contributed by atoms with Gasteiger partial charge in [-0.25, -0.2) is 0 Å². The van der Waals surface area contributed by atoms with Crippen LogP contribution in [0.2, 0.25) is 5.02 Å². The minimum atomic E-state index is -0.0997. The first-order chi connectivity index (χ1) is 14.6. The molecule has 0 N–H and O–H groups in total. The third-order valence-electron chi connectivity index (χ3n) is 5.43. The lowest BCUT2D eigenvalue weighted by atomic mass is 9.93. The van der Waals surface area contributed by atoms with Gasteiger partial charge in [0.15, 0.2) is 0 Å². The zero-order valence-corrected chi connectivity index (χ0v) is 17.7. The largest absolute Gasteiger partial charge is 0.473 e. The van der Waals surface area contributed by atoms with E-state index in [2.05, 4.69) is 9.88 Å². The topological polar surface area (TPSA) is 64.8 Å². The van der Waals surface area contributed by atoms with E-state index in [9.17, 15) is 4.79 Å². The summed E-state index contributed by atoms with van der Waals surface area (Å²) in [6.07, 6.45) is 4.03. The Morgan fingerprint density at radius 2 is 2.07 bits per heavy atom. The summed E-state index contributed by atoms with van der Waals surface area (Å²) in [5, 5.41) is 1.54. The number of aromatic nitrogens is 1. The molecule has 7 heteroatoms. The molecule has 158 valence electrons. The van der Waals surface area contributed by atoms with Gasteiger partial charge in [-0.2, -0.15) is 4.98 Å². The molecule has 4 rings (SSSR count). The number of benzene rings is 1. The monoisotopic (exact) mass is 428 g/mol. The summed E-state index contributed by atoms with van der Waals surface area (Å²) in [6, 6.07) is 11.4. The number of anilines is 1. The fourth-order valence-corrected chi connectivity index (χ4v) is 4.04. The lowest BCUT2D eigenvalue weighted by Gasteiger charge is -2.32. The fraction of sp³-hybridized carbons (Fsp3) is 0.391. The Hall–Kier alpha value is -2.73. The van der Waals surface area contributed by atoms with E-state index in [-0.39, 0.29) is 5.97 Å². The highest BCUT2D eigenvalue weighted by atomic mass is 35.5. The van der Waals surface area contributed by atoms with Crippen LogP contribution < -0.4 is 9.64 Å². The molecule has 1 aliphatic rings. The Labute approximate surface area is 180 Å². The second-order valence-electron chi connectivity index (χ2n) is 7.43. The molecule has 0 unspecified atom stereocenters. The minimum Gasteiger partial charge on any atom is -0.473 e. The standard InChI is InChI=1S/C23H25ClN2O4/c1-2-28-22(27)14-16-8-11-26(12-9-16)20-4-3-5-21(25-20)30-15-17-6-7-19(24)18-10-13-29-23(17)18/h3-7,10,13,16H,2,8-9,11-12,14-15H2,1H3. The van der Waals surface area contributed by atoms with Crippen LogP contribution in [0.3, 0.4) is 0 Å². The van der Waals surface area contributed by atoms with Gasteiger partial charge in [-0.3, -0.25) is 4.79 Å². The number of esters is 1. The van der Waals surface area contributed by atoms with Crippen LogP contribution >= 0.6 is 11.6 Å². The van der Waals surface area contributed by atoms with E-state index in [0.29, 0.717) is 36.5 Å². The molecule has 0 amide bonds. The third kappa shape index (κ3) is 4.70. The maximum Gasteiger partial charge on any atom is 0.306 e. The van der Waals surface area contributed by atoms with E-state index in [1.807, 2.05) is 43.3 Å². The maximum absolute atomic E-state index is 11.7. The van der Waals surface area contributed by atoms with Crippen molar-refractivity contribution in [2.24, 2.45) is 5.92 Å². The Morgan fingerprint density at radius 1 is 1.23 bits per heavy atom. The van der Waals surface area contributed by atoms with Gasteiger partial charge in [0.05, 0.1) is 17.9 Å². The summed E-state index contributed by atoms with van der Waals surface area (Å²) in [5.41, 5.74) is 1.66. The second kappa shape index (κ2) is 9.39. The number of hydrogen-bond acceptors (Lipinski definition) is 6. The van der Waals surface area contributed by atoms with Gasteiger partial charge >= 0.3 is 5.97 Å². The summed E-state index contributed by atoms with van der Waals surface area (Å²) in [7, 11) is 0. The SMILES string of the molecule is CCOC(=O)CC1CCN(c2cccc(OCc3ccc(Cl)c4ccoc34)n2)CC1. The lowest BCUT2D eigenvalue weighted by molar-refractivity contribution is -0.144. The number of halogens is 1. The number of ether oxygens (including phenoxy) is 2. The van der Waals surface area contributed by atoms with Crippen molar-refractivity contribution in [2.45, 2.75) is 32.8 Å². The predicted molar refractivity (Wildman–Crippen MR) is 116 cm³/mol. The summed E-state index contributed by atoms with van der Waals surface area (Å²) >= 11 is 6.20. The van der Waals surface area contributed by atoms with Crippen molar-refractivity contribution in [3.05, 3.63) is 53.2 Å². The highest BCUT2D eigenvalue weighted by Gasteiger charge is 2.23. The van der Waals surface area contributed by atoms with Crippen molar-refractivity contribution < 1.29 is 18.7 Å². The van der Waals surface area contributed by atoms with Crippen molar-refractivity contribution in [1.82, 2.24) is 4.98 Å². The number of nitrogens with zero attached hydrogens (tertiary/aromatic N) is 2. The Morgan fingerprint density at radius 3 is 2.87 bits per heavy atom. The number of fused-ring (bicyclic) bond motifs is 1. The van der Waals surface area contributed by atoms with E-state index in [1.54, 1.807) is 6.26 Å². The summed E-state index contributed by atoms with van der Waals surface area (Å²) in [4.78, 5) is 18.6. The summed E-state index contributed by atoms with van der Waals surface area (Å²) in [6.45, 7) is 4.36. The third-order valence-corrected chi connectivity index (χ3v) is 5.76. The normalized spacial score (nSPS) is 14.8. The van der Waals surface area contributed by atoms with E-state index in [4.69, 9.17) is 25.5 Å². The van der Waals surface area contributed by atoms with Gasteiger partial charge in [-0.05, 0) is 43.9 Å². The second-order valence-corrected chi connectivity index (χ2v) is 7.84. The molecule has 0 radical (unpaired) electrons. The van der Waals surface area contributed by atoms with E-state index < -0.39 is 0 Å². The first kappa shape index (κ1) is 20.5. The van der Waals surface area contributed by atoms with Gasteiger partial charge in [-0.1, -0.05) is 23.7 Å². The number of pyridine rings is 1. The van der Waals surface area contributed by atoms with Crippen molar-refractivity contribution >= 4 is 34.4 Å². The predicted octanol–water partition coefficient (Wildman–Crippen LogP) is 5.23. The lowest BCUT2D eigenvalue weighted by Crippen LogP contribution is -2.35. The Bertz CT molecular complexity index is 1010. The molecule has 30 heavy (non-hydrogen) atoms. The molecule has 6 nitrogen and oxygen atoms in total. The molecule has 0 atom stereocenters. The van der Waals surface area contributed by atoms with Gasteiger partial charge in [0.2, 0.25) is 5.88 Å². The number of carbonyl (C=O) groups is 1. The smallest absolute Gasteiger partial charge is 0.306 e. The van der Waals surface area contributed by atoms with Crippen LogP contribution in [0.25, 0.3) is 11.0 Å². The summed E-state index contributed by atoms with van der Waals surface area (Å²) < 4.78 is 16.6. The van der Waals surface area contributed by atoms with Crippen molar-refractivity contribution in [1.29, 1.82) is 0 Å². The fourth-order valence-electron chi connectivity index (χ4n) is 3.83. The Balaban J connectivity index is 1.36. The minimum absolute atomic E-state index is 0.0997. The van der Waals surface area contributed by atoms with E-state index >= 15 is 0 Å². The molecule has 0 saturated carbocycles. The molecule has 0 bridgehead atoms. The quantitative estimate of drug-likeness (QED) is 0.480. The molecule has 1 aliphatic heterocycles. The molecule has 3 heterocycles. The summed E-state index contributed by atoms with van der Waals surface area (Å²) in [5.74, 6) is 1.73. The van der Waals surface area contributed by atoms with Crippen molar-refractivity contribution in [3.63, 3.8) is 0 Å². The number of hydrogen-bond donors (Lipinski definition) is 0. The van der Waals surface area contributed by atoms with Crippen LogP contribution in [0.5, 0.6) is 5.88 Å². The van der Waals surface area contributed by atoms with Crippen LogP contribution in [0, 0.1) is 5.92 Å². The van der Waals surface area contributed by atoms with Gasteiger partial charge in [0.25, 0.3) is 0 Å². The van der Waals surface area contributed by atoms with Gasteiger partial charge in [-0.15, -0.1) is 0 Å². The molecule has 1 fully saturated rings. The Kier molecular flexibility index (Phi) is 6.43. The zero-order chi connectivity index (χ0) is 20.9. The van der Waals surface area contributed by atoms with E-state index in [1.165, 1.54) is 0 Å². The van der Waals surface area contributed by atoms with Crippen LogP contribution in [-0.2, 0) is 16.1 Å². The van der Waals surface area contributed by atoms with Crippen LogP contribution in [-0.4, -0.2) is 30.6 Å². The van der Waals surface area contributed by atoms with Crippen LogP contribution in [0.1, 0.15) is 31.7 Å². The molecule has 3 aromatic rings. The first-order valence-electron chi connectivity index (χ1n) is 10.3. The van der Waals surface area contributed by atoms with Crippen LogP contribution in [0.4, 0.5) is 5.82 Å². The average molecular weight is 429 g/mol. The number of furan rings is 1. The highest BCUT2D eigenvalue weighted by Crippen LogP contribution is 2.29. The first-order valence-corrected chi connectivity index (χ1v) is 10.7. The van der Waals surface area contributed by atoms with Crippen molar-refractivity contribution in [3.8, 4) is 5.88 Å². The number of rotatable bonds is 7. The maximum atomic E-state index is 11.7. The van der Waals surface area contributed by atoms with Gasteiger partial charge in [0, 0.05) is 36.5 Å². The zero-order valence-electron chi connectivity index (χ0n) is 17.0. The molecular formula is C23H25ClN2O4. The molecule has 1 aromatic carbocycles. The highest BCUT2D eigenvalue weighted by molar-refractivity contribution is 6.35. The molecular weight excluding hydrogens is 404 g/mol. The van der Waals surface area contributed by atoms with Gasteiger partial charge in [0.1, 0.15) is 18.0 Å². The number of carbonyl (C=O) groups excluding carboxylic acids is 1. The molecule has 0 aliphatic carbocycles. The van der Waals surface area contributed by atoms with Crippen molar-refractivity contribution in [2.75, 3.05) is 24.6 Å². The van der Waals surface area contributed by atoms with Gasteiger partial charge < -0.3 is 18.8 Å². The van der Waals surface area contributed by atoms with Crippen LogP contribution in [0.15, 0.2) is 47.1 Å². The molecule has 0 spiro atoms. The number of piperidine rings is 1. The average Bonchev–Trinajstić information content (AvgIpc) is 3.25. The van der Waals surface area contributed by atoms with E-state index in [0.717, 1.165) is 48.3 Å². The molecule has 2 aromatic heterocycles.